The van der Waals surface area contributed by atoms with Crippen LogP contribution in [0, 0.1) is 11.3 Å². The second kappa shape index (κ2) is 7.44. The van der Waals surface area contributed by atoms with Gasteiger partial charge in [0.1, 0.15) is 5.70 Å². The Bertz CT molecular complexity index is 851. The fourth-order valence-electron chi connectivity index (χ4n) is 5.41. The molecule has 9 rings (SSSR count). The number of amides is 2. The molecule has 1 saturated heterocycles. The number of hydrazine groups is 1. The Morgan fingerprint density at radius 3 is 2.47 bits per heavy atom. The van der Waals surface area contributed by atoms with Crippen LogP contribution in [0.1, 0.15) is 39.0 Å². The van der Waals surface area contributed by atoms with Crippen LogP contribution in [0.5, 0.6) is 0 Å². The number of nitrogens with one attached hydrogen (secondary N) is 1. The molecule has 9 heteroatoms. The molecule has 0 atom stereocenters. The van der Waals surface area contributed by atoms with Crippen LogP contribution < -0.4 is 11.3 Å². The summed E-state index contributed by atoms with van der Waals surface area (Å²) in [5.74, 6) is 4.77. The molecule has 30 heavy (non-hydrogen) atoms. The number of hydrogen-bond acceptors (Lipinski definition) is 4. The lowest BCUT2D eigenvalue weighted by Crippen LogP contribution is -2.53. The topological polar surface area (TPSA) is 78.7 Å². The number of halogens is 3. The van der Waals surface area contributed by atoms with Gasteiger partial charge >= 0.3 is 6.18 Å². The number of hydrogen-bond donors (Lipinski definition) is 2. The van der Waals surface area contributed by atoms with E-state index in [1.54, 1.807) is 11.0 Å². The van der Waals surface area contributed by atoms with Gasteiger partial charge in [-0.2, -0.15) is 13.2 Å². The number of carbonyl (C=O) groups excluding carboxylic acids is 2. The normalized spacial score (nSPS) is 32.2. The highest BCUT2D eigenvalue weighted by molar-refractivity contribution is 5.94. The van der Waals surface area contributed by atoms with E-state index in [4.69, 9.17) is 5.84 Å². The van der Waals surface area contributed by atoms with E-state index in [2.05, 4.69) is 5.43 Å². The van der Waals surface area contributed by atoms with Crippen LogP contribution in [0.25, 0.3) is 0 Å². The third-order valence-electron chi connectivity index (χ3n) is 7.21. The Labute approximate surface area is 173 Å². The molecule has 1 saturated carbocycles. The minimum atomic E-state index is -4.41. The zero-order valence-corrected chi connectivity index (χ0v) is 17.0. The minimum Gasteiger partial charge on any atom is -0.356 e. The molecule has 7 heterocycles. The molecule has 5 bridgehead atoms. The van der Waals surface area contributed by atoms with Gasteiger partial charge in [-0.3, -0.25) is 15.0 Å². The molecule has 2 fully saturated rings. The van der Waals surface area contributed by atoms with Gasteiger partial charge in [-0.25, -0.2) is 5.84 Å². The third-order valence-corrected chi connectivity index (χ3v) is 7.21. The summed E-state index contributed by atoms with van der Waals surface area (Å²) in [7, 11) is 0. The minimum absolute atomic E-state index is 0.0396. The first kappa shape index (κ1) is 21.0. The van der Waals surface area contributed by atoms with Gasteiger partial charge in [0.05, 0.1) is 6.54 Å². The Hall–Kier alpha value is -2.29. The van der Waals surface area contributed by atoms with E-state index < -0.39 is 23.1 Å². The number of nitrogens with two attached hydrogens (primary N) is 1. The molecule has 0 aromatic rings. The van der Waals surface area contributed by atoms with Crippen LogP contribution in [-0.2, 0) is 9.59 Å². The first-order chi connectivity index (χ1) is 14.1. The summed E-state index contributed by atoms with van der Waals surface area (Å²) in [5.41, 5.74) is 2.66. The lowest BCUT2D eigenvalue weighted by atomic mass is 9.63. The highest BCUT2D eigenvalue weighted by Gasteiger charge is 2.46. The van der Waals surface area contributed by atoms with E-state index in [1.165, 1.54) is 4.90 Å². The maximum atomic E-state index is 13.9. The van der Waals surface area contributed by atoms with E-state index in [0.29, 0.717) is 37.9 Å². The molecule has 3 N–H and O–H groups in total. The fourth-order valence-corrected chi connectivity index (χ4v) is 5.41. The zero-order chi connectivity index (χ0) is 21.7. The Kier molecular flexibility index (Phi) is 5.20. The van der Waals surface area contributed by atoms with Crippen molar-refractivity contribution >= 4 is 11.8 Å². The van der Waals surface area contributed by atoms with Gasteiger partial charge in [0, 0.05) is 25.2 Å². The molecule has 0 radical (unpaired) electrons. The predicted molar refractivity (Wildman–Crippen MR) is 104 cm³/mol. The van der Waals surface area contributed by atoms with Crippen molar-refractivity contribution < 1.29 is 22.8 Å². The Balaban J connectivity index is 1.78. The van der Waals surface area contributed by atoms with Crippen molar-refractivity contribution in [1.82, 2.24) is 15.2 Å². The van der Waals surface area contributed by atoms with E-state index in [0.717, 1.165) is 5.57 Å². The molecule has 9 aliphatic rings. The number of carbonyl (C=O) groups is 2. The maximum Gasteiger partial charge on any atom is 0.413 e. The van der Waals surface area contributed by atoms with Crippen LogP contribution in [0.4, 0.5) is 13.2 Å². The lowest BCUT2D eigenvalue weighted by Gasteiger charge is -2.44. The van der Waals surface area contributed by atoms with E-state index in [-0.39, 0.29) is 43.5 Å². The molecule has 0 aromatic heterocycles. The summed E-state index contributed by atoms with van der Waals surface area (Å²) in [4.78, 5) is 28.5. The van der Waals surface area contributed by atoms with Gasteiger partial charge in [-0.1, -0.05) is 12.2 Å². The number of rotatable bonds is 1. The molecule has 0 aromatic carbocycles. The van der Waals surface area contributed by atoms with Gasteiger partial charge in [0.2, 0.25) is 5.91 Å². The summed E-state index contributed by atoms with van der Waals surface area (Å²) in [6.07, 6.45) is 1.77. The van der Waals surface area contributed by atoms with Gasteiger partial charge < -0.3 is 9.80 Å². The highest BCUT2D eigenvalue weighted by atomic mass is 19.4. The van der Waals surface area contributed by atoms with Gasteiger partial charge in [-0.15, -0.1) is 0 Å². The second-order valence-corrected chi connectivity index (χ2v) is 8.89. The second-order valence-electron chi connectivity index (χ2n) is 8.89. The SMILES string of the molecule is C/C1=C(/C(=O)NN)N2CCN(CC3=C(C(F)(F)F)CC4(C=C3)CCC1CC4)C(=O)C2. The summed E-state index contributed by atoms with van der Waals surface area (Å²) < 4.78 is 41.7. The summed E-state index contributed by atoms with van der Waals surface area (Å²) >= 11 is 0. The highest BCUT2D eigenvalue weighted by Crippen LogP contribution is 2.52. The number of allylic oxidation sites excluding steroid dienone is 3. The first-order valence-corrected chi connectivity index (χ1v) is 10.4. The smallest absolute Gasteiger partial charge is 0.356 e. The van der Waals surface area contributed by atoms with Crippen LogP contribution >= 0.6 is 0 Å². The van der Waals surface area contributed by atoms with Crippen molar-refractivity contribution in [3.8, 4) is 0 Å². The molecule has 164 valence electrons. The fraction of sp³-hybridized carbons (Fsp3) is 0.619. The largest absolute Gasteiger partial charge is 0.413 e. The van der Waals surface area contributed by atoms with Crippen molar-refractivity contribution in [2.24, 2.45) is 17.2 Å². The molecule has 6 nitrogen and oxygen atoms in total. The molecule has 1 spiro atoms. The average Bonchev–Trinajstić information content (AvgIpc) is 2.70. The molecule has 0 unspecified atom stereocenters. The Morgan fingerprint density at radius 2 is 1.87 bits per heavy atom. The molecular formula is C21H27F3N4O2. The molecule has 7 aliphatic heterocycles. The van der Waals surface area contributed by atoms with Crippen LogP contribution in [0.15, 0.2) is 34.6 Å². The van der Waals surface area contributed by atoms with Crippen LogP contribution in [0.3, 0.4) is 0 Å². The Morgan fingerprint density at radius 1 is 1.20 bits per heavy atom. The van der Waals surface area contributed by atoms with Crippen molar-refractivity contribution in [2.75, 3.05) is 26.2 Å². The average molecular weight is 424 g/mol. The standard InChI is InChI=1S/C21H27F3N4O2/c1-13-14-2-5-20(6-3-14)7-4-15(16(10-20)21(22,23)24)11-27-8-9-28(12-17(27)29)18(13)19(30)26-25/h4,7,14H,2-3,5-6,8-12,25H2,1H3,(H,26,30)/b18-13+. The monoisotopic (exact) mass is 424 g/mol. The summed E-state index contributed by atoms with van der Waals surface area (Å²) in [6.45, 7) is 2.41. The van der Waals surface area contributed by atoms with Crippen LogP contribution in [0.2, 0.25) is 0 Å². The molecule has 2 amide bonds. The lowest BCUT2D eigenvalue weighted by molar-refractivity contribution is -0.135. The number of nitrogens with zero attached hydrogens (tertiary/aromatic N) is 2. The van der Waals surface area contributed by atoms with Crippen molar-refractivity contribution in [1.29, 1.82) is 0 Å². The quantitative estimate of drug-likeness (QED) is 0.385. The number of piperazine rings is 1. The van der Waals surface area contributed by atoms with Crippen LogP contribution in [-0.4, -0.2) is 54.0 Å². The van der Waals surface area contributed by atoms with Crippen molar-refractivity contribution in [3.63, 3.8) is 0 Å². The zero-order valence-electron chi connectivity index (χ0n) is 17.0. The van der Waals surface area contributed by atoms with Gasteiger partial charge in [-0.05, 0) is 61.5 Å². The van der Waals surface area contributed by atoms with Gasteiger partial charge in [0.25, 0.3) is 5.91 Å². The third kappa shape index (κ3) is 3.64. The van der Waals surface area contributed by atoms with E-state index >= 15 is 0 Å². The predicted octanol–water partition coefficient (Wildman–Crippen LogP) is 2.40. The van der Waals surface area contributed by atoms with Crippen molar-refractivity contribution in [3.05, 3.63) is 34.6 Å². The van der Waals surface area contributed by atoms with E-state index in [9.17, 15) is 22.8 Å². The molecule has 2 aliphatic carbocycles. The molecular weight excluding hydrogens is 397 g/mol. The van der Waals surface area contributed by atoms with Gasteiger partial charge in [0.15, 0.2) is 0 Å². The van der Waals surface area contributed by atoms with Crippen molar-refractivity contribution in [2.45, 2.75) is 45.2 Å². The first-order valence-electron chi connectivity index (χ1n) is 10.4. The summed E-state index contributed by atoms with van der Waals surface area (Å²) in [6, 6.07) is 0. The number of alkyl halides is 3. The summed E-state index contributed by atoms with van der Waals surface area (Å²) in [5, 5.41) is 0. The van der Waals surface area contributed by atoms with E-state index in [1.807, 2.05) is 13.0 Å². The maximum absolute atomic E-state index is 13.9.